The van der Waals surface area contributed by atoms with Crippen LogP contribution in [0.25, 0.3) is 0 Å². The van der Waals surface area contributed by atoms with Gasteiger partial charge in [-0.2, -0.15) is 5.26 Å². The maximum Gasteiger partial charge on any atom is 0.326 e. The molecule has 1 aliphatic carbocycles. The number of rotatable bonds is 5. The largest absolute Gasteiger partial charge is 0.451 e. The third kappa shape index (κ3) is 4.23. The number of aromatic nitrogens is 1. The molecule has 1 amide bonds. The van der Waals surface area contributed by atoms with Gasteiger partial charge in [-0.3, -0.25) is 19.0 Å². The van der Waals surface area contributed by atoms with Crippen molar-refractivity contribution in [1.82, 2.24) is 9.88 Å². The van der Waals surface area contributed by atoms with Gasteiger partial charge in [0.2, 0.25) is 0 Å². The van der Waals surface area contributed by atoms with Gasteiger partial charge in [-0.25, -0.2) is 0 Å². The molecular weight excluding hydrogens is 330 g/mol. The molecule has 0 spiro atoms. The van der Waals surface area contributed by atoms with E-state index in [2.05, 4.69) is 11.4 Å². The van der Waals surface area contributed by atoms with Crippen molar-refractivity contribution in [2.75, 3.05) is 0 Å². The van der Waals surface area contributed by atoms with Crippen molar-refractivity contribution in [3.05, 3.63) is 20.7 Å². The number of nitriles is 1. The molecule has 0 saturated heterocycles. The van der Waals surface area contributed by atoms with Gasteiger partial charge in [-0.15, -0.1) is 0 Å². The number of carbonyl (C=O) groups excluding carboxylic acids is 2. The van der Waals surface area contributed by atoms with Crippen molar-refractivity contribution in [3.8, 4) is 6.07 Å². The molecule has 8 heteroatoms. The van der Waals surface area contributed by atoms with Gasteiger partial charge in [0, 0.05) is 11.1 Å². The Kier molecular flexibility index (Phi) is 5.78. The second-order valence-corrected chi connectivity index (χ2v) is 6.93. The zero-order valence-electron chi connectivity index (χ0n) is 13.8. The van der Waals surface area contributed by atoms with Gasteiger partial charge < -0.3 is 10.1 Å². The van der Waals surface area contributed by atoms with Crippen molar-refractivity contribution >= 4 is 23.2 Å². The lowest BCUT2D eigenvalue weighted by Crippen LogP contribution is -2.52. The standard InChI is InChI=1S/C16H21N3O4S/c1-11-9-24-15(22)19(11)8-13(20)23-12(2)14(21)18-16(10-17)6-4-3-5-7-16/h9,12H,3-8H2,1-2H3,(H,18,21)/t12-/m1/s1. The Morgan fingerprint density at radius 2 is 2.12 bits per heavy atom. The molecule has 2 rings (SSSR count). The van der Waals surface area contributed by atoms with E-state index in [0.717, 1.165) is 30.6 Å². The summed E-state index contributed by atoms with van der Waals surface area (Å²) >= 11 is 1.01. The lowest BCUT2D eigenvalue weighted by Gasteiger charge is -2.32. The molecular formula is C16H21N3O4S. The first-order valence-corrected chi connectivity index (χ1v) is 8.82. The van der Waals surface area contributed by atoms with Gasteiger partial charge in [0.1, 0.15) is 12.1 Å². The molecule has 1 aromatic rings. The fraction of sp³-hybridized carbons (Fsp3) is 0.625. The normalized spacial score (nSPS) is 17.5. The van der Waals surface area contributed by atoms with Crippen LogP contribution in [0.3, 0.4) is 0 Å². The van der Waals surface area contributed by atoms with E-state index < -0.39 is 23.5 Å². The molecule has 1 aliphatic rings. The molecule has 7 nitrogen and oxygen atoms in total. The van der Waals surface area contributed by atoms with E-state index in [0.29, 0.717) is 18.5 Å². The number of carbonyl (C=O) groups is 2. The molecule has 1 atom stereocenters. The molecule has 130 valence electrons. The van der Waals surface area contributed by atoms with Crippen LogP contribution in [0.15, 0.2) is 10.2 Å². The molecule has 0 aromatic carbocycles. The predicted octanol–water partition coefficient (Wildman–Crippen LogP) is 1.49. The summed E-state index contributed by atoms with van der Waals surface area (Å²) in [5.74, 6) is -1.14. The Morgan fingerprint density at radius 3 is 2.67 bits per heavy atom. The first-order chi connectivity index (χ1) is 11.4. The second-order valence-electron chi connectivity index (χ2n) is 6.11. The zero-order valence-corrected chi connectivity index (χ0v) is 14.6. The summed E-state index contributed by atoms with van der Waals surface area (Å²) in [4.78, 5) is 35.5. The Hall–Kier alpha value is -2.14. The number of esters is 1. The molecule has 1 N–H and O–H groups in total. The quantitative estimate of drug-likeness (QED) is 0.810. The van der Waals surface area contributed by atoms with E-state index in [1.807, 2.05) is 0 Å². The summed E-state index contributed by atoms with van der Waals surface area (Å²) < 4.78 is 6.41. The van der Waals surface area contributed by atoms with E-state index in [4.69, 9.17) is 4.74 Å². The number of aryl methyl sites for hydroxylation is 1. The third-order valence-corrected chi connectivity index (χ3v) is 5.11. The topological polar surface area (TPSA) is 101 Å². The highest BCUT2D eigenvalue weighted by Gasteiger charge is 2.35. The molecule has 24 heavy (non-hydrogen) atoms. The number of thiazole rings is 1. The van der Waals surface area contributed by atoms with Crippen molar-refractivity contribution in [2.24, 2.45) is 0 Å². The minimum atomic E-state index is -1.01. The molecule has 1 saturated carbocycles. The van der Waals surface area contributed by atoms with Crippen LogP contribution in [-0.4, -0.2) is 28.1 Å². The average Bonchev–Trinajstić information content (AvgIpc) is 2.87. The zero-order chi connectivity index (χ0) is 17.7. The van der Waals surface area contributed by atoms with Crippen LogP contribution in [-0.2, 0) is 20.9 Å². The number of ether oxygens (including phenoxy) is 1. The fourth-order valence-electron chi connectivity index (χ4n) is 2.77. The fourth-order valence-corrected chi connectivity index (χ4v) is 3.51. The predicted molar refractivity (Wildman–Crippen MR) is 88.4 cm³/mol. The number of hydrogen-bond donors (Lipinski definition) is 1. The third-order valence-electron chi connectivity index (χ3n) is 4.22. The van der Waals surface area contributed by atoms with E-state index in [1.54, 1.807) is 12.3 Å². The van der Waals surface area contributed by atoms with Crippen LogP contribution in [0.4, 0.5) is 0 Å². The summed E-state index contributed by atoms with van der Waals surface area (Å²) in [6, 6.07) is 2.19. The molecule has 0 unspecified atom stereocenters. The monoisotopic (exact) mass is 351 g/mol. The second kappa shape index (κ2) is 7.62. The smallest absolute Gasteiger partial charge is 0.326 e. The minimum absolute atomic E-state index is 0.227. The lowest BCUT2D eigenvalue weighted by molar-refractivity contribution is -0.156. The van der Waals surface area contributed by atoms with Gasteiger partial charge in [-0.1, -0.05) is 30.6 Å². The Labute approximate surface area is 144 Å². The van der Waals surface area contributed by atoms with Crippen molar-refractivity contribution in [1.29, 1.82) is 5.26 Å². The van der Waals surface area contributed by atoms with Gasteiger partial charge in [-0.05, 0) is 26.7 Å². The van der Waals surface area contributed by atoms with Crippen LogP contribution in [0.5, 0.6) is 0 Å². The van der Waals surface area contributed by atoms with Gasteiger partial charge in [0.15, 0.2) is 6.10 Å². The Balaban J connectivity index is 1.92. The van der Waals surface area contributed by atoms with Crippen LogP contribution in [0.2, 0.25) is 0 Å². The van der Waals surface area contributed by atoms with Crippen LogP contribution >= 0.6 is 11.3 Å². The van der Waals surface area contributed by atoms with E-state index in [-0.39, 0.29) is 11.4 Å². The molecule has 1 fully saturated rings. The van der Waals surface area contributed by atoms with E-state index in [1.165, 1.54) is 11.5 Å². The Bertz CT molecular complexity index is 710. The molecule has 0 radical (unpaired) electrons. The van der Waals surface area contributed by atoms with E-state index in [9.17, 15) is 19.6 Å². The highest BCUT2D eigenvalue weighted by Crippen LogP contribution is 2.27. The molecule has 1 heterocycles. The van der Waals surface area contributed by atoms with Crippen LogP contribution in [0, 0.1) is 18.3 Å². The van der Waals surface area contributed by atoms with Gasteiger partial charge >= 0.3 is 10.8 Å². The SMILES string of the molecule is Cc1csc(=O)n1CC(=O)O[C@H](C)C(=O)NC1(C#N)CCCCC1. The summed E-state index contributed by atoms with van der Waals surface area (Å²) in [5, 5.41) is 13.8. The number of amides is 1. The van der Waals surface area contributed by atoms with E-state index >= 15 is 0 Å². The van der Waals surface area contributed by atoms with Gasteiger partial charge in [0.05, 0.1) is 6.07 Å². The van der Waals surface area contributed by atoms with Crippen molar-refractivity contribution in [2.45, 2.75) is 64.1 Å². The minimum Gasteiger partial charge on any atom is -0.451 e. The van der Waals surface area contributed by atoms with Crippen molar-refractivity contribution in [3.63, 3.8) is 0 Å². The maximum atomic E-state index is 12.2. The number of hydrogen-bond acceptors (Lipinski definition) is 6. The maximum absolute atomic E-state index is 12.2. The first kappa shape index (κ1) is 18.2. The Morgan fingerprint density at radius 1 is 1.46 bits per heavy atom. The number of nitrogens with one attached hydrogen (secondary N) is 1. The van der Waals surface area contributed by atoms with Gasteiger partial charge in [0.25, 0.3) is 5.91 Å². The number of nitrogens with zero attached hydrogens (tertiary/aromatic N) is 2. The van der Waals surface area contributed by atoms with Crippen LogP contribution in [0.1, 0.15) is 44.7 Å². The van der Waals surface area contributed by atoms with Crippen molar-refractivity contribution < 1.29 is 14.3 Å². The highest BCUT2D eigenvalue weighted by atomic mass is 32.1. The molecule has 0 bridgehead atoms. The summed E-state index contributed by atoms with van der Waals surface area (Å²) in [6.45, 7) is 2.96. The molecule has 1 aromatic heterocycles. The van der Waals surface area contributed by atoms with Crippen LogP contribution < -0.4 is 10.2 Å². The summed E-state index contributed by atoms with van der Waals surface area (Å²) in [5.41, 5.74) is -0.193. The summed E-state index contributed by atoms with van der Waals surface area (Å²) in [6.07, 6.45) is 3.04. The highest BCUT2D eigenvalue weighted by molar-refractivity contribution is 7.07. The first-order valence-electron chi connectivity index (χ1n) is 7.94. The summed E-state index contributed by atoms with van der Waals surface area (Å²) in [7, 11) is 0. The molecule has 0 aliphatic heterocycles. The lowest BCUT2D eigenvalue weighted by atomic mass is 9.83. The average molecular weight is 351 g/mol.